The summed E-state index contributed by atoms with van der Waals surface area (Å²) in [6, 6.07) is 5.40. The number of aromatic nitrogens is 1. The molecule has 1 aromatic heterocycles. The lowest BCUT2D eigenvalue weighted by atomic mass is 9.86. The number of alkyl halides is 2. The molecule has 2 N–H and O–H groups in total. The van der Waals surface area contributed by atoms with Crippen molar-refractivity contribution < 1.29 is 23.4 Å². The first-order valence-electron chi connectivity index (χ1n) is 13.1. The number of likely N-dealkylation sites (tertiary alicyclic amines) is 1. The topological polar surface area (TPSA) is 74.7 Å². The van der Waals surface area contributed by atoms with Gasteiger partial charge in [-0.05, 0) is 66.5 Å². The monoisotopic (exact) mass is 545 g/mol. The number of nitrogens with zero attached hydrogens (tertiary/aromatic N) is 2. The zero-order chi connectivity index (χ0) is 27.6. The lowest BCUT2D eigenvalue weighted by Crippen LogP contribution is -2.53. The number of carbonyl (C=O) groups is 1. The van der Waals surface area contributed by atoms with Crippen molar-refractivity contribution >= 4 is 17.7 Å². The average Bonchev–Trinajstić information content (AvgIpc) is 3.34. The maximum absolute atomic E-state index is 15.0. The number of nitrogens with one attached hydrogen (secondary N) is 1. The number of amides is 1. The molecule has 4 rings (SSSR count). The van der Waals surface area contributed by atoms with Crippen LogP contribution >= 0.6 is 11.8 Å². The van der Waals surface area contributed by atoms with E-state index < -0.39 is 17.9 Å². The highest BCUT2D eigenvalue weighted by atomic mass is 32.2. The van der Waals surface area contributed by atoms with E-state index in [1.807, 2.05) is 0 Å². The van der Waals surface area contributed by atoms with E-state index in [1.54, 1.807) is 11.8 Å². The van der Waals surface area contributed by atoms with Gasteiger partial charge in [0.25, 0.3) is 5.92 Å². The molecular formula is C29H37F2N3O3S. The normalized spacial score (nSPS) is 19.7. The van der Waals surface area contributed by atoms with Crippen LogP contribution in [0.5, 0.6) is 5.88 Å². The van der Waals surface area contributed by atoms with Crippen molar-refractivity contribution in [1.82, 2.24) is 15.2 Å². The Kier molecular flexibility index (Phi) is 8.79. The minimum atomic E-state index is -2.96. The van der Waals surface area contributed by atoms with E-state index in [0.717, 1.165) is 17.7 Å². The van der Waals surface area contributed by atoms with Gasteiger partial charge in [0.1, 0.15) is 0 Å². The molecule has 1 fully saturated rings. The van der Waals surface area contributed by atoms with Crippen LogP contribution < -0.4 is 10.1 Å². The first kappa shape index (κ1) is 28.5. The van der Waals surface area contributed by atoms with Gasteiger partial charge in [-0.15, -0.1) is 0 Å². The first-order valence-corrected chi connectivity index (χ1v) is 13.9. The zero-order valence-corrected chi connectivity index (χ0v) is 23.3. The summed E-state index contributed by atoms with van der Waals surface area (Å²) in [5.74, 6) is -3.84. The number of benzene rings is 1. The quantitative estimate of drug-likeness (QED) is 0.412. The van der Waals surface area contributed by atoms with Gasteiger partial charge in [0.2, 0.25) is 11.8 Å². The van der Waals surface area contributed by atoms with Crippen LogP contribution in [0, 0.1) is 0 Å². The summed E-state index contributed by atoms with van der Waals surface area (Å²) in [6.07, 6.45) is 4.34. The number of hydrogen-bond donors (Lipinski definition) is 2. The lowest BCUT2D eigenvalue weighted by molar-refractivity contribution is -0.129. The molecule has 0 spiro atoms. The van der Waals surface area contributed by atoms with E-state index in [2.05, 4.69) is 42.9 Å². The molecule has 9 heteroatoms. The molecule has 38 heavy (non-hydrogen) atoms. The Morgan fingerprint density at radius 2 is 2.00 bits per heavy atom. The number of halogens is 2. The molecule has 206 valence electrons. The summed E-state index contributed by atoms with van der Waals surface area (Å²) in [6.45, 7) is 9.85. The number of carbonyl (C=O) groups excluding carboxylic acids is 1. The molecule has 1 aromatic carbocycles. The molecule has 2 atom stereocenters. The van der Waals surface area contributed by atoms with E-state index >= 15 is 0 Å². The number of hydrogen-bond acceptors (Lipinski definition) is 6. The SMILES string of the molecule is C=C(NC(=O)C(C)N1CCC(F)(F)C(c2cnc(OC)c(CO)c2)C1)Sc1cc2c(cc1C(C)C)CCC2. The van der Waals surface area contributed by atoms with Crippen LogP contribution in [0.2, 0.25) is 0 Å². The molecule has 1 amide bonds. The number of thioether (sulfide) groups is 1. The van der Waals surface area contributed by atoms with E-state index in [-0.39, 0.29) is 37.9 Å². The minimum Gasteiger partial charge on any atom is -0.481 e. The van der Waals surface area contributed by atoms with Crippen molar-refractivity contribution in [2.75, 3.05) is 20.2 Å². The van der Waals surface area contributed by atoms with Crippen molar-refractivity contribution in [2.24, 2.45) is 0 Å². The van der Waals surface area contributed by atoms with Gasteiger partial charge in [-0.2, -0.15) is 0 Å². The standard InChI is InChI=1S/C29H37F2N3O3S/c1-17(2)24-12-20-7-6-8-21(20)13-26(24)38-19(4)33-27(36)18(3)34-10-9-29(30,31)25(15-34)22-11-23(16-35)28(37-5)32-14-22/h11-14,17-18,25,35H,4,6-10,15-16H2,1-3,5H3,(H,33,36). The third-order valence-corrected chi connectivity index (χ3v) is 8.56. The average molecular weight is 546 g/mol. The number of pyridine rings is 1. The molecule has 2 unspecified atom stereocenters. The molecule has 2 aromatic rings. The third-order valence-electron chi connectivity index (χ3n) is 7.64. The maximum Gasteiger partial charge on any atom is 0.257 e. The second-order valence-electron chi connectivity index (χ2n) is 10.5. The Morgan fingerprint density at radius 1 is 1.29 bits per heavy atom. The van der Waals surface area contributed by atoms with Crippen molar-refractivity contribution in [1.29, 1.82) is 0 Å². The molecular weight excluding hydrogens is 508 g/mol. The minimum absolute atomic E-state index is 0.0115. The highest BCUT2D eigenvalue weighted by molar-refractivity contribution is 8.03. The molecule has 0 saturated carbocycles. The van der Waals surface area contributed by atoms with Crippen LogP contribution in [0.1, 0.15) is 73.3 Å². The fraction of sp³-hybridized carbons (Fsp3) is 0.517. The molecule has 1 aliphatic carbocycles. The highest BCUT2D eigenvalue weighted by Gasteiger charge is 2.46. The molecule has 2 heterocycles. The summed E-state index contributed by atoms with van der Waals surface area (Å²) in [5, 5.41) is 13.0. The Hall–Kier alpha value is -2.49. The molecule has 1 aliphatic heterocycles. The number of aryl methyl sites for hydroxylation is 2. The highest BCUT2D eigenvalue weighted by Crippen LogP contribution is 2.42. The molecule has 2 aliphatic rings. The summed E-state index contributed by atoms with van der Waals surface area (Å²) in [4.78, 5) is 20.1. The van der Waals surface area contributed by atoms with Crippen LogP contribution in [-0.2, 0) is 24.2 Å². The Labute approximate surface area is 227 Å². The van der Waals surface area contributed by atoms with Crippen molar-refractivity contribution in [3.8, 4) is 5.88 Å². The number of ether oxygens (including phenoxy) is 1. The maximum atomic E-state index is 15.0. The summed E-state index contributed by atoms with van der Waals surface area (Å²) in [7, 11) is 1.42. The van der Waals surface area contributed by atoms with Crippen molar-refractivity contribution in [3.63, 3.8) is 0 Å². The van der Waals surface area contributed by atoms with E-state index in [0.29, 0.717) is 22.1 Å². The number of piperidine rings is 1. The fourth-order valence-electron chi connectivity index (χ4n) is 5.36. The number of aliphatic hydroxyl groups is 1. The van der Waals surface area contributed by atoms with Crippen LogP contribution in [0.25, 0.3) is 0 Å². The Bertz CT molecular complexity index is 1200. The van der Waals surface area contributed by atoms with Crippen molar-refractivity contribution in [2.45, 2.75) is 81.8 Å². The second-order valence-corrected chi connectivity index (χ2v) is 11.6. The van der Waals surface area contributed by atoms with Gasteiger partial charge in [-0.25, -0.2) is 13.8 Å². The zero-order valence-electron chi connectivity index (χ0n) is 22.5. The first-order chi connectivity index (χ1) is 18.0. The Balaban J connectivity index is 1.44. The largest absolute Gasteiger partial charge is 0.481 e. The number of rotatable bonds is 9. The van der Waals surface area contributed by atoms with E-state index in [4.69, 9.17) is 4.74 Å². The lowest BCUT2D eigenvalue weighted by Gasteiger charge is -2.40. The van der Waals surface area contributed by atoms with E-state index in [9.17, 15) is 18.7 Å². The van der Waals surface area contributed by atoms with Crippen LogP contribution in [0.4, 0.5) is 8.78 Å². The van der Waals surface area contributed by atoms with Gasteiger partial charge < -0.3 is 15.2 Å². The smallest absolute Gasteiger partial charge is 0.257 e. The Morgan fingerprint density at radius 3 is 2.66 bits per heavy atom. The van der Waals surface area contributed by atoms with E-state index in [1.165, 1.54) is 54.2 Å². The van der Waals surface area contributed by atoms with Crippen LogP contribution in [-0.4, -0.2) is 53.1 Å². The van der Waals surface area contributed by atoms with Gasteiger partial charge in [0.05, 0.1) is 30.7 Å². The number of methoxy groups -OCH3 is 1. The van der Waals surface area contributed by atoms with Crippen LogP contribution in [0.3, 0.4) is 0 Å². The molecule has 0 radical (unpaired) electrons. The summed E-state index contributed by atoms with van der Waals surface area (Å²) in [5.41, 5.74) is 4.69. The van der Waals surface area contributed by atoms with Gasteiger partial charge in [-0.1, -0.05) is 38.3 Å². The molecule has 0 bridgehead atoms. The van der Waals surface area contributed by atoms with Gasteiger partial charge in [0.15, 0.2) is 0 Å². The second kappa shape index (κ2) is 11.7. The predicted octanol–water partition coefficient (Wildman–Crippen LogP) is 5.39. The van der Waals surface area contributed by atoms with Crippen molar-refractivity contribution in [3.05, 3.63) is 63.8 Å². The van der Waals surface area contributed by atoms with Gasteiger partial charge in [0, 0.05) is 36.2 Å². The predicted molar refractivity (Wildman–Crippen MR) is 146 cm³/mol. The molecule has 6 nitrogen and oxygen atoms in total. The van der Waals surface area contributed by atoms with Gasteiger partial charge in [-0.3, -0.25) is 9.69 Å². The summed E-state index contributed by atoms with van der Waals surface area (Å²) >= 11 is 1.45. The van der Waals surface area contributed by atoms with Crippen LogP contribution in [0.15, 0.2) is 40.9 Å². The molecule has 1 saturated heterocycles. The third kappa shape index (κ3) is 6.05. The number of aliphatic hydroxyl groups excluding tert-OH is 1. The summed E-state index contributed by atoms with van der Waals surface area (Å²) < 4.78 is 35.1. The fourth-order valence-corrected chi connectivity index (χ4v) is 6.39. The van der Waals surface area contributed by atoms with Gasteiger partial charge >= 0.3 is 0 Å². The number of fused-ring (bicyclic) bond motifs is 1.